The summed E-state index contributed by atoms with van der Waals surface area (Å²) < 4.78 is 5.39. The lowest BCUT2D eigenvalue weighted by Crippen LogP contribution is -2.36. The molecule has 0 atom stereocenters. The van der Waals surface area contributed by atoms with E-state index >= 15 is 0 Å². The summed E-state index contributed by atoms with van der Waals surface area (Å²) in [5.74, 6) is 1.13. The van der Waals surface area contributed by atoms with Crippen LogP contribution >= 0.6 is 0 Å². The number of morpholine rings is 1. The molecule has 0 spiro atoms. The number of hydrogen-bond acceptors (Lipinski definition) is 4. The van der Waals surface area contributed by atoms with Gasteiger partial charge < -0.3 is 14.5 Å². The molecule has 1 aromatic heterocycles. The highest BCUT2D eigenvalue weighted by Gasteiger charge is 2.18. The minimum absolute atomic E-state index is 0.143. The number of nitrogens with zero attached hydrogens (tertiary/aromatic N) is 3. The molecule has 5 nitrogen and oxygen atoms in total. The molecule has 2 aromatic rings. The smallest absolute Gasteiger partial charge is 0.253 e. The fraction of sp³-hybridized carbons (Fsp3) is 0.429. The third-order valence-electron chi connectivity index (χ3n) is 5.17. The monoisotopic (exact) mass is 351 g/mol. The van der Waals surface area contributed by atoms with Gasteiger partial charge in [-0.1, -0.05) is 12.1 Å². The number of carbonyl (C=O) groups excluding carboxylic acids is 1. The summed E-state index contributed by atoms with van der Waals surface area (Å²) in [4.78, 5) is 21.6. The molecule has 0 aliphatic carbocycles. The molecule has 0 saturated carbocycles. The maximum Gasteiger partial charge on any atom is 0.253 e. The summed E-state index contributed by atoms with van der Waals surface area (Å²) in [6.45, 7) is 5.02. The zero-order valence-electron chi connectivity index (χ0n) is 15.1. The van der Waals surface area contributed by atoms with Gasteiger partial charge in [-0.2, -0.15) is 0 Å². The van der Waals surface area contributed by atoms with Crippen LogP contribution in [-0.4, -0.2) is 55.2 Å². The molecule has 136 valence electrons. The minimum Gasteiger partial charge on any atom is -0.378 e. The van der Waals surface area contributed by atoms with E-state index in [1.165, 1.54) is 6.42 Å². The Bertz CT molecular complexity index is 748. The Labute approximate surface area is 154 Å². The van der Waals surface area contributed by atoms with Crippen LogP contribution in [0.5, 0.6) is 0 Å². The molecule has 26 heavy (non-hydrogen) atoms. The summed E-state index contributed by atoms with van der Waals surface area (Å²) in [7, 11) is 0. The highest BCUT2D eigenvalue weighted by Crippen LogP contribution is 2.23. The van der Waals surface area contributed by atoms with Crippen molar-refractivity contribution in [3.8, 4) is 11.1 Å². The number of piperidine rings is 1. The molecule has 4 rings (SSSR count). The molecule has 2 aliphatic rings. The zero-order valence-corrected chi connectivity index (χ0v) is 15.1. The molecule has 5 heteroatoms. The van der Waals surface area contributed by atoms with Gasteiger partial charge in [0, 0.05) is 43.5 Å². The van der Waals surface area contributed by atoms with Gasteiger partial charge in [-0.3, -0.25) is 4.79 Å². The van der Waals surface area contributed by atoms with Crippen molar-refractivity contribution in [3.63, 3.8) is 0 Å². The molecule has 1 aromatic carbocycles. The topological polar surface area (TPSA) is 45.7 Å². The van der Waals surface area contributed by atoms with Crippen LogP contribution in [0.15, 0.2) is 42.6 Å². The van der Waals surface area contributed by atoms with Gasteiger partial charge in [0.15, 0.2) is 0 Å². The van der Waals surface area contributed by atoms with E-state index in [-0.39, 0.29) is 5.91 Å². The highest BCUT2D eigenvalue weighted by atomic mass is 16.5. The Balaban J connectivity index is 1.51. The third kappa shape index (κ3) is 3.73. The normalized spacial score (nSPS) is 18.0. The molecule has 0 unspecified atom stereocenters. The maximum absolute atomic E-state index is 12.7. The lowest BCUT2D eigenvalue weighted by atomic mass is 10.0. The SMILES string of the molecule is O=C(c1cccc(-c2ccc(N3CCOCC3)nc2)c1)N1CCCCC1. The fourth-order valence-electron chi connectivity index (χ4n) is 3.65. The summed E-state index contributed by atoms with van der Waals surface area (Å²) in [6, 6.07) is 12.0. The van der Waals surface area contributed by atoms with Gasteiger partial charge in [0.2, 0.25) is 0 Å². The zero-order chi connectivity index (χ0) is 17.8. The van der Waals surface area contributed by atoms with Crippen molar-refractivity contribution in [1.82, 2.24) is 9.88 Å². The number of amides is 1. The van der Waals surface area contributed by atoms with Crippen molar-refractivity contribution in [2.75, 3.05) is 44.3 Å². The molecule has 0 radical (unpaired) electrons. The summed E-state index contributed by atoms with van der Waals surface area (Å²) in [6.07, 6.45) is 5.34. The van der Waals surface area contributed by atoms with E-state index < -0.39 is 0 Å². The largest absolute Gasteiger partial charge is 0.378 e. The van der Waals surface area contributed by atoms with Crippen molar-refractivity contribution in [1.29, 1.82) is 0 Å². The first kappa shape index (κ1) is 17.0. The second kappa shape index (κ2) is 7.87. The molecule has 2 saturated heterocycles. The van der Waals surface area contributed by atoms with Crippen LogP contribution in [0, 0.1) is 0 Å². The predicted octanol–water partition coefficient (Wildman–Crippen LogP) is 3.21. The van der Waals surface area contributed by atoms with E-state index in [0.717, 1.165) is 74.7 Å². The number of hydrogen-bond donors (Lipinski definition) is 0. The lowest BCUT2D eigenvalue weighted by molar-refractivity contribution is 0.0724. The van der Waals surface area contributed by atoms with Crippen LogP contribution in [0.4, 0.5) is 5.82 Å². The number of anilines is 1. The van der Waals surface area contributed by atoms with Gasteiger partial charge in [-0.15, -0.1) is 0 Å². The molecule has 3 heterocycles. The number of likely N-dealkylation sites (tertiary alicyclic amines) is 1. The Morgan fingerprint density at radius 1 is 0.923 bits per heavy atom. The summed E-state index contributed by atoms with van der Waals surface area (Å²) >= 11 is 0. The molecule has 0 bridgehead atoms. The lowest BCUT2D eigenvalue weighted by Gasteiger charge is -2.27. The van der Waals surface area contributed by atoms with E-state index in [1.807, 2.05) is 35.4 Å². The van der Waals surface area contributed by atoms with Gasteiger partial charge in [0.1, 0.15) is 5.82 Å². The molecule has 2 fully saturated rings. The van der Waals surface area contributed by atoms with E-state index in [4.69, 9.17) is 4.74 Å². The minimum atomic E-state index is 0.143. The second-order valence-electron chi connectivity index (χ2n) is 6.94. The van der Waals surface area contributed by atoms with Crippen molar-refractivity contribution in [3.05, 3.63) is 48.2 Å². The average molecular weight is 351 g/mol. The summed E-state index contributed by atoms with van der Waals surface area (Å²) in [5, 5.41) is 0. The van der Waals surface area contributed by atoms with Gasteiger partial charge in [0.25, 0.3) is 5.91 Å². The number of carbonyl (C=O) groups is 1. The van der Waals surface area contributed by atoms with Crippen LogP contribution < -0.4 is 4.90 Å². The maximum atomic E-state index is 12.7. The van der Waals surface area contributed by atoms with E-state index in [1.54, 1.807) is 0 Å². The van der Waals surface area contributed by atoms with Gasteiger partial charge >= 0.3 is 0 Å². The second-order valence-corrected chi connectivity index (χ2v) is 6.94. The van der Waals surface area contributed by atoms with Crippen LogP contribution in [0.1, 0.15) is 29.6 Å². The molecule has 0 N–H and O–H groups in total. The Morgan fingerprint density at radius 3 is 2.46 bits per heavy atom. The van der Waals surface area contributed by atoms with Crippen molar-refractivity contribution >= 4 is 11.7 Å². The quantitative estimate of drug-likeness (QED) is 0.852. The van der Waals surface area contributed by atoms with Crippen LogP contribution in [0.3, 0.4) is 0 Å². The van der Waals surface area contributed by atoms with Crippen molar-refractivity contribution < 1.29 is 9.53 Å². The van der Waals surface area contributed by atoms with Crippen molar-refractivity contribution in [2.45, 2.75) is 19.3 Å². The predicted molar refractivity (Wildman–Crippen MR) is 102 cm³/mol. The molecule has 1 amide bonds. The first-order valence-electron chi connectivity index (χ1n) is 9.50. The van der Waals surface area contributed by atoms with Gasteiger partial charge in [0.05, 0.1) is 13.2 Å². The van der Waals surface area contributed by atoms with Gasteiger partial charge in [-0.05, 0) is 49.1 Å². The third-order valence-corrected chi connectivity index (χ3v) is 5.17. The Kier molecular flexibility index (Phi) is 5.16. The fourth-order valence-corrected chi connectivity index (χ4v) is 3.65. The number of pyridine rings is 1. The van der Waals surface area contributed by atoms with Crippen molar-refractivity contribution in [2.24, 2.45) is 0 Å². The van der Waals surface area contributed by atoms with Crippen LogP contribution in [0.25, 0.3) is 11.1 Å². The average Bonchev–Trinajstić information content (AvgIpc) is 2.75. The Hall–Kier alpha value is -2.40. The number of benzene rings is 1. The molecule has 2 aliphatic heterocycles. The van der Waals surface area contributed by atoms with E-state index in [0.29, 0.717) is 0 Å². The number of aromatic nitrogens is 1. The van der Waals surface area contributed by atoms with Gasteiger partial charge in [-0.25, -0.2) is 4.98 Å². The van der Waals surface area contributed by atoms with Crippen LogP contribution in [-0.2, 0) is 4.74 Å². The van der Waals surface area contributed by atoms with Crippen LogP contribution in [0.2, 0.25) is 0 Å². The Morgan fingerprint density at radius 2 is 1.73 bits per heavy atom. The number of rotatable bonds is 3. The first-order valence-corrected chi connectivity index (χ1v) is 9.50. The first-order chi connectivity index (χ1) is 12.8. The van der Waals surface area contributed by atoms with E-state index in [2.05, 4.69) is 22.0 Å². The highest BCUT2D eigenvalue weighted by molar-refractivity contribution is 5.95. The molecular formula is C21H25N3O2. The summed E-state index contributed by atoms with van der Waals surface area (Å²) in [5.41, 5.74) is 2.84. The molecular weight excluding hydrogens is 326 g/mol. The van der Waals surface area contributed by atoms with E-state index in [9.17, 15) is 4.79 Å². The number of ether oxygens (including phenoxy) is 1. The standard InChI is InChI=1S/C21H25N3O2/c25-21(24-9-2-1-3-10-24)18-6-4-5-17(15-18)19-7-8-20(22-16-19)23-11-13-26-14-12-23/h4-8,15-16H,1-3,9-14H2.